The normalized spacial score (nSPS) is 6.62. The van der Waals surface area contributed by atoms with E-state index in [1.807, 2.05) is 5.32 Å². The maximum absolute atomic E-state index is 9.74. The van der Waals surface area contributed by atoms with Crippen LogP contribution in [-0.4, -0.2) is 18.9 Å². The van der Waals surface area contributed by atoms with Crippen LogP contribution in [0.15, 0.2) is 0 Å². The van der Waals surface area contributed by atoms with Crippen LogP contribution in [0.4, 0.5) is 0 Å². The fourth-order valence-electron chi connectivity index (χ4n) is 0.102. The van der Waals surface area contributed by atoms with E-state index in [2.05, 4.69) is 0 Å². The minimum Gasteiger partial charge on any atom is -0.540 e. The van der Waals surface area contributed by atoms with Gasteiger partial charge in [-0.15, -0.1) is 0 Å². The molecular weight excluding hydrogens is 105 g/mol. The van der Waals surface area contributed by atoms with Gasteiger partial charge in [0, 0.05) is 7.05 Å². The first-order valence-electron chi connectivity index (χ1n) is 1.61. The van der Waals surface area contributed by atoms with Crippen LogP contribution in [-0.2, 0) is 9.59 Å². The molecule has 40 valence electrons. The number of rotatable bonds is 0. The summed E-state index contributed by atoms with van der Waals surface area (Å²) in [6, 6.07) is 0. The van der Waals surface area contributed by atoms with E-state index in [1.54, 1.807) is 0 Å². The Hall–Kier alpha value is -0.463. The van der Waals surface area contributed by atoms with Crippen molar-refractivity contribution in [3.05, 3.63) is 0 Å². The first-order chi connectivity index (χ1) is 3.18. The molecule has 0 aliphatic carbocycles. The molecule has 1 amide bonds. The molecule has 0 aromatic carbocycles. The summed E-state index contributed by atoms with van der Waals surface area (Å²) in [5, 5.41) is 11.3. The number of nitrogens with one attached hydrogen (secondary N) is 1. The monoisotopic (exact) mass is 109 g/mol. The maximum Gasteiger partial charge on any atom is 1.00 e. The Morgan fingerprint density at radius 3 is 1.88 bits per heavy atom. The molecule has 0 aromatic heterocycles. The second kappa shape index (κ2) is 4.69. The summed E-state index contributed by atoms with van der Waals surface area (Å²) in [4.78, 5) is 19.1. The number of hydrogen-bond donors (Lipinski definition) is 1. The van der Waals surface area contributed by atoms with Gasteiger partial charge in [-0.3, -0.25) is 4.79 Å². The SMILES string of the molecule is CNC(=O)C(=O)[O-].[Li+]. The Balaban J connectivity index is 0. The van der Waals surface area contributed by atoms with Gasteiger partial charge in [-0.25, -0.2) is 0 Å². The summed E-state index contributed by atoms with van der Waals surface area (Å²) in [5.41, 5.74) is 0. The van der Waals surface area contributed by atoms with E-state index in [0.717, 1.165) is 0 Å². The molecule has 0 fully saturated rings. The van der Waals surface area contributed by atoms with Gasteiger partial charge in [0.05, 0.1) is 0 Å². The maximum atomic E-state index is 9.74. The smallest absolute Gasteiger partial charge is 0.540 e. The van der Waals surface area contributed by atoms with Gasteiger partial charge in [0.2, 0.25) is 0 Å². The van der Waals surface area contributed by atoms with Gasteiger partial charge < -0.3 is 15.2 Å². The number of amides is 1. The molecular formula is C3H4LiNO3. The van der Waals surface area contributed by atoms with Gasteiger partial charge in [0.15, 0.2) is 0 Å². The van der Waals surface area contributed by atoms with E-state index in [-0.39, 0.29) is 18.9 Å². The number of hydrogen-bond acceptors (Lipinski definition) is 3. The van der Waals surface area contributed by atoms with Gasteiger partial charge >= 0.3 is 18.9 Å². The molecule has 0 spiro atoms. The Kier molecular flexibility index (Phi) is 6.16. The van der Waals surface area contributed by atoms with Crippen molar-refractivity contribution >= 4 is 11.9 Å². The van der Waals surface area contributed by atoms with E-state index in [0.29, 0.717) is 0 Å². The van der Waals surface area contributed by atoms with Crippen LogP contribution in [0.2, 0.25) is 0 Å². The third-order valence-electron chi connectivity index (χ3n) is 0.412. The zero-order chi connectivity index (χ0) is 5.86. The number of carbonyl (C=O) groups excluding carboxylic acids is 2. The average Bonchev–Trinajstić information content (AvgIpc) is 1.65. The van der Waals surface area contributed by atoms with Gasteiger partial charge in [0.1, 0.15) is 5.97 Å². The molecule has 4 nitrogen and oxygen atoms in total. The summed E-state index contributed by atoms with van der Waals surface area (Å²) in [7, 11) is 1.22. The van der Waals surface area contributed by atoms with Crippen molar-refractivity contribution in [3.63, 3.8) is 0 Å². The molecule has 0 unspecified atom stereocenters. The number of carbonyl (C=O) groups is 2. The Bertz CT molecular complexity index is 103. The number of carboxylic acid groups (broad SMARTS) is 1. The van der Waals surface area contributed by atoms with E-state index in [9.17, 15) is 14.7 Å². The van der Waals surface area contributed by atoms with Gasteiger partial charge in [0.25, 0.3) is 5.91 Å². The van der Waals surface area contributed by atoms with E-state index < -0.39 is 11.9 Å². The first-order valence-corrected chi connectivity index (χ1v) is 1.61. The molecule has 0 radical (unpaired) electrons. The topological polar surface area (TPSA) is 69.2 Å². The summed E-state index contributed by atoms with van der Waals surface area (Å²) in [6.45, 7) is 0. The number of carboxylic acids is 1. The van der Waals surface area contributed by atoms with Crippen LogP contribution in [0.25, 0.3) is 0 Å². The van der Waals surface area contributed by atoms with Gasteiger partial charge in [-0.2, -0.15) is 0 Å². The zero-order valence-electron chi connectivity index (χ0n) is 4.72. The molecule has 1 N–H and O–H groups in total. The standard InChI is InChI=1S/C3H5NO3.Li/c1-4-2(5)3(6)7;/h1H3,(H,4,5)(H,6,7);/q;+1/p-1. The number of aliphatic carboxylic acids is 1. The quantitative estimate of drug-likeness (QED) is 0.249. The predicted octanol–water partition coefficient (Wildman–Crippen LogP) is -5.51. The summed E-state index contributed by atoms with van der Waals surface area (Å²) in [5.74, 6) is -2.80. The molecule has 8 heavy (non-hydrogen) atoms. The first kappa shape index (κ1) is 10.5. The second-order valence-corrected chi connectivity index (χ2v) is 0.867. The fourth-order valence-corrected chi connectivity index (χ4v) is 0.102. The van der Waals surface area contributed by atoms with Crippen molar-refractivity contribution in [2.75, 3.05) is 7.05 Å². The second-order valence-electron chi connectivity index (χ2n) is 0.867. The summed E-state index contributed by atoms with van der Waals surface area (Å²) < 4.78 is 0. The van der Waals surface area contributed by atoms with E-state index >= 15 is 0 Å². The zero-order valence-corrected chi connectivity index (χ0v) is 4.72. The van der Waals surface area contributed by atoms with Crippen LogP contribution >= 0.6 is 0 Å². The van der Waals surface area contributed by atoms with E-state index in [4.69, 9.17) is 0 Å². The molecule has 0 rings (SSSR count). The van der Waals surface area contributed by atoms with Crippen molar-refractivity contribution < 1.29 is 33.6 Å². The van der Waals surface area contributed by atoms with Crippen molar-refractivity contribution in [2.24, 2.45) is 0 Å². The minimum atomic E-state index is -1.71. The summed E-state index contributed by atoms with van der Waals surface area (Å²) in [6.07, 6.45) is 0. The molecule has 0 aromatic rings. The predicted molar refractivity (Wildman–Crippen MR) is 19.1 cm³/mol. The largest absolute Gasteiger partial charge is 1.00 e. The third kappa shape index (κ3) is 3.72. The Morgan fingerprint density at radius 2 is 1.88 bits per heavy atom. The van der Waals surface area contributed by atoms with Gasteiger partial charge in [-0.1, -0.05) is 0 Å². The third-order valence-corrected chi connectivity index (χ3v) is 0.412. The van der Waals surface area contributed by atoms with Crippen LogP contribution in [0, 0.1) is 0 Å². The van der Waals surface area contributed by atoms with Gasteiger partial charge in [-0.05, 0) is 0 Å². The fraction of sp³-hybridized carbons (Fsp3) is 0.333. The minimum absolute atomic E-state index is 0. The molecule has 0 atom stereocenters. The van der Waals surface area contributed by atoms with Crippen molar-refractivity contribution in [2.45, 2.75) is 0 Å². The van der Waals surface area contributed by atoms with Crippen LogP contribution in [0.3, 0.4) is 0 Å². The van der Waals surface area contributed by atoms with Crippen molar-refractivity contribution in [1.29, 1.82) is 0 Å². The molecule has 0 bridgehead atoms. The molecule has 0 aliphatic rings. The van der Waals surface area contributed by atoms with Crippen LogP contribution in [0.5, 0.6) is 0 Å². The Morgan fingerprint density at radius 1 is 1.50 bits per heavy atom. The molecule has 0 aliphatic heterocycles. The van der Waals surface area contributed by atoms with E-state index in [1.165, 1.54) is 7.05 Å². The summed E-state index contributed by atoms with van der Waals surface area (Å²) >= 11 is 0. The van der Waals surface area contributed by atoms with Crippen LogP contribution < -0.4 is 29.3 Å². The Labute approximate surface area is 58.4 Å². The molecule has 0 saturated heterocycles. The van der Waals surface area contributed by atoms with Crippen molar-refractivity contribution in [1.82, 2.24) is 5.32 Å². The number of likely N-dealkylation sites (N-methyl/N-ethyl adjacent to an activating group) is 1. The van der Waals surface area contributed by atoms with Crippen molar-refractivity contribution in [3.8, 4) is 0 Å². The van der Waals surface area contributed by atoms with Crippen LogP contribution in [0.1, 0.15) is 0 Å². The molecule has 5 heteroatoms. The molecule has 0 heterocycles. The average molecular weight is 109 g/mol. The molecule has 0 saturated carbocycles.